The number of halogens is 3. The van der Waals surface area contributed by atoms with Crippen molar-refractivity contribution in [3.63, 3.8) is 0 Å². The average molecular weight is 433 g/mol. The minimum atomic E-state index is -0.879. The summed E-state index contributed by atoms with van der Waals surface area (Å²) in [6.07, 6.45) is 0. The van der Waals surface area contributed by atoms with Crippen LogP contribution in [0.4, 0.5) is 14.6 Å². The molecule has 2 N–H and O–H groups in total. The van der Waals surface area contributed by atoms with Gasteiger partial charge in [-0.05, 0) is 17.7 Å². The van der Waals surface area contributed by atoms with Crippen molar-refractivity contribution in [2.75, 3.05) is 19.0 Å². The van der Waals surface area contributed by atoms with Gasteiger partial charge in [0, 0.05) is 48.3 Å². The molecule has 2 atom stereocenters. The SMILES string of the molecule is COc1cc(F)c([C@@H]2CNC(=O)[C@H]2Nc2cc(-c3ccc(Cl)cc3)n(C)n2)c(F)c1. The number of methoxy groups -OCH3 is 1. The zero-order valence-electron chi connectivity index (χ0n) is 16.2. The maximum absolute atomic E-state index is 14.6. The minimum Gasteiger partial charge on any atom is -0.497 e. The van der Waals surface area contributed by atoms with E-state index in [1.54, 1.807) is 29.9 Å². The fourth-order valence-electron chi connectivity index (χ4n) is 3.68. The zero-order chi connectivity index (χ0) is 21.4. The van der Waals surface area contributed by atoms with E-state index in [2.05, 4.69) is 15.7 Å². The van der Waals surface area contributed by atoms with E-state index < -0.39 is 23.6 Å². The molecule has 0 aliphatic carbocycles. The molecule has 156 valence electrons. The van der Waals surface area contributed by atoms with Gasteiger partial charge in [0.1, 0.15) is 29.2 Å². The molecule has 1 aliphatic heterocycles. The van der Waals surface area contributed by atoms with Gasteiger partial charge in [-0.1, -0.05) is 23.7 Å². The number of carbonyl (C=O) groups is 1. The lowest BCUT2D eigenvalue weighted by molar-refractivity contribution is -0.119. The predicted molar refractivity (Wildman–Crippen MR) is 110 cm³/mol. The fraction of sp³-hybridized carbons (Fsp3) is 0.238. The molecule has 1 amide bonds. The first kappa shape index (κ1) is 20.2. The molecule has 0 saturated carbocycles. The van der Waals surface area contributed by atoms with Crippen LogP contribution < -0.4 is 15.4 Å². The molecule has 0 radical (unpaired) electrons. The van der Waals surface area contributed by atoms with Crippen LogP contribution in [0.15, 0.2) is 42.5 Å². The highest BCUT2D eigenvalue weighted by Gasteiger charge is 2.39. The summed E-state index contributed by atoms with van der Waals surface area (Å²) >= 11 is 5.94. The minimum absolute atomic E-state index is 0.0767. The van der Waals surface area contributed by atoms with E-state index in [9.17, 15) is 13.6 Å². The number of benzene rings is 2. The van der Waals surface area contributed by atoms with Crippen molar-refractivity contribution >= 4 is 23.3 Å². The number of anilines is 1. The average Bonchev–Trinajstić information content (AvgIpc) is 3.25. The first-order valence-corrected chi connectivity index (χ1v) is 9.62. The zero-order valence-corrected chi connectivity index (χ0v) is 17.0. The third kappa shape index (κ3) is 3.70. The van der Waals surface area contributed by atoms with Crippen molar-refractivity contribution in [3.05, 3.63) is 64.7 Å². The molecule has 6 nitrogen and oxygen atoms in total. The van der Waals surface area contributed by atoms with Crippen molar-refractivity contribution in [2.24, 2.45) is 7.05 Å². The highest BCUT2D eigenvalue weighted by molar-refractivity contribution is 6.30. The number of hydrogen-bond donors (Lipinski definition) is 2. The summed E-state index contributed by atoms with van der Waals surface area (Å²) in [4.78, 5) is 12.4. The van der Waals surface area contributed by atoms with E-state index in [4.69, 9.17) is 16.3 Å². The number of nitrogens with one attached hydrogen (secondary N) is 2. The third-order valence-electron chi connectivity index (χ3n) is 5.16. The first-order valence-electron chi connectivity index (χ1n) is 9.24. The largest absolute Gasteiger partial charge is 0.497 e. The summed E-state index contributed by atoms with van der Waals surface area (Å²) in [6, 6.07) is 10.4. The highest BCUT2D eigenvalue weighted by Crippen LogP contribution is 2.33. The number of amides is 1. The van der Waals surface area contributed by atoms with Crippen molar-refractivity contribution in [1.82, 2.24) is 15.1 Å². The molecule has 1 saturated heterocycles. The lowest BCUT2D eigenvalue weighted by Crippen LogP contribution is -2.33. The number of aryl methyl sites for hydroxylation is 1. The van der Waals surface area contributed by atoms with Crippen LogP contribution in [0.25, 0.3) is 11.3 Å². The molecule has 1 aromatic heterocycles. The molecule has 2 aromatic carbocycles. The van der Waals surface area contributed by atoms with Gasteiger partial charge >= 0.3 is 0 Å². The van der Waals surface area contributed by atoms with Crippen LogP contribution in [0.1, 0.15) is 11.5 Å². The van der Waals surface area contributed by atoms with E-state index in [1.165, 1.54) is 7.11 Å². The van der Waals surface area contributed by atoms with Gasteiger partial charge in [0.15, 0.2) is 0 Å². The van der Waals surface area contributed by atoms with Gasteiger partial charge < -0.3 is 15.4 Å². The van der Waals surface area contributed by atoms with E-state index in [1.807, 2.05) is 12.1 Å². The second-order valence-electron chi connectivity index (χ2n) is 7.02. The lowest BCUT2D eigenvalue weighted by Gasteiger charge is -2.20. The monoisotopic (exact) mass is 432 g/mol. The van der Waals surface area contributed by atoms with Gasteiger partial charge in [0.25, 0.3) is 0 Å². The van der Waals surface area contributed by atoms with E-state index in [0.717, 1.165) is 23.4 Å². The Labute approximate surface area is 176 Å². The second kappa shape index (κ2) is 7.95. The first-order chi connectivity index (χ1) is 14.4. The molecule has 30 heavy (non-hydrogen) atoms. The molecule has 1 fully saturated rings. The van der Waals surface area contributed by atoms with Crippen LogP contribution in [0.2, 0.25) is 5.02 Å². The molecule has 9 heteroatoms. The summed E-state index contributed by atoms with van der Waals surface area (Å²) in [6.45, 7) is 0.105. The van der Waals surface area contributed by atoms with E-state index in [0.29, 0.717) is 10.8 Å². The number of nitrogens with zero attached hydrogens (tertiary/aromatic N) is 2. The van der Waals surface area contributed by atoms with Crippen LogP contribution in [0.5, 0.6) is 5.75 Å². The van der Waals surface area contributed by atoms with Crippen molar-refractivity contribution < 1.29 is 18.3 Å². The molecular formula is C21H19ClF2N4O2. The van der Waals surface area contributed by atoms with Crippen LogP contribution in [-0.2, 0) is 11.8 Å². The fourth-order valence-corrected chi connectivity index (χ4v) is 3.80. The summed E-state index contributed by atoms with van der Waals surface area (Å²) < 4.78 is 35.7. The van der Waals surface area contributed by atoms with Crippen LogP contribution in [-0.4, -0.2) is 35.4 Å². The second-order valence-corrected chi connectivity index (χ2v) is 7.46. The maximum Gasteiger partial charge on any atom is 0.243 e. The number of hydrogen-bond acceptors (Lipinski definition) is 4. The molecule has 0 bridgehead atoms. The number of rotatable bonds is 5. The van der Waals surface area contributed by atoms with Crippen LogP contribution in [0, 0.1) is 11.6 Å². The Hall–Kier alpha value is -3.13. The molecule has 3 aromatic rings. The predicted octanol–water partition coefficient (Wildman–Crippen LogP) is 3.72. The van der Waals surface area contributed by atoms with Gasteiger partial charge in [-0.3, -0.25) is 9.48 Å². The summed E-state index contributed by atoms with van der Waals surface area (Å²) in [5.74, 6) is -2.12. The quantitative estimate of drug-likeness (QED) is 0.644. The Kier molecular flexibility index (Phi) is 5.34. The van der Waals surface area contributed by atoms with Gasteiger partial charge in [0.2, 0.25) is 5.91 Å². The van der Waals surface area contributed by atoms with Crippen molar-refractivity contribution in [3.8, 4) is 17.0 Å². The third-order valence-corrected chi connectivity index (χ3v) is 5.42. The van der Waals surface area contributed by atoms with E-state index in [-0.39, 0.29) is 23.8 Å². The normalized spacial score (nSPS) is 18.4. The maximum atomic E-state index is 14.6. The summed E-state index contributed by atoms with van der Waals surface area (Å²) in [5.41, 5.74) is 1.52. The standard InChI is InChI=1S/C21H19ClF2N4O2/c1-28-17(11-3-5-12(22)6-4-11)9-18(27-28)26-20-14(10-25-21(20)29)19-15(23)7-13(30-2)8-16(19)24/h3-9,14,20H,10H2,1-2H3,(H,25,29)(H,26,27)/t14-,20-/m0/s1. The molecular weight excluding hydrogens is 414 g/mol. The number of carbonyl (C=O) groups excluding carboxylic acids is 1. The van der Waals surface area contributed by atoms with Gasteiger partial charge in [-0.2, -0.15) is 5.10 Å². The Balaban J connectivity index is 1.63. The molecule has 1 aliphatic rings. The number of aromatic nitrogens is 2. The Bertz CT molecular complexity index is 1080. The lowest BCUT2D eigenvalue weighted by atomic mass is 9.92. The van der Waals surface area contributed by atoms with Gasteiger partial charge in [-0.25, -0.2) is 8.78 Å². The summed E-state index contributed by atoms with van der Waals surface area (Å²) in [5, 5.41) is 10.7. The topological polar surface area (TPSA) is 68.2 Å². The van der Waals surface area contributed by atoms with Gasteiger partial charge in [-0.15, -0.1) is 0 Å². The number of ether oxygens (including phenoxy) is 1. The Morgan fingerprint density at radius 2 is 1.87 bits per heavy atom. The van der Waals surface area contributed by atoms with E-state index >= 15 is 0 Å². The smallest absolute Gasteiger partial charge is 0.243 e. The van der Waals surface area contributed by atoms with Crippen LogP contribution in [0.3, 0.4) is 0 Å². The van der Waals surface area contributed by atoms with Crippen molar-refractivity contribution in [1.29, 1.82) is 0 Å². The van der Waals surface area contributed by atoms with Gasteiger partial charge in [0.05, 0.1) is 12.8 Å². The molecule has 4 rings (SSSR count). The van der Waals surface area contributed by atoms with Crippen LogP contribution >= 0.6 is 11.6 Å². The molecule has 2 heterocycles. The van der Waals surface area contributed by atoms with Crippen molar-refractivity contribution in [2.45, 2.75) is 12.0 Å². The molecule has 0 spiro atoms. The summed E-state index contributed by atoms with van der Waals surface area (Å²) in [7, 11) is 3.10. The Morgan fingerprint density at radius 1 is 1.20 bits per heavy atom. The highest BCUT2D eigenvalue weighted by atomic mass is 35.5. The Morgan fingerprint density at radius 3 is 2.50 bits per heavy atom. The molecule has 0 unspecified atom stereocenters.